The number of carbonyl (C=O) groups is 1. The lowest BCUT2D eigenvalue weighted by molar-refractivity contribution is -0.133. The molecular formula is C26H32ClN5O4S. The highest BCUT2D eigenvalue weighted by molar-refractivity contribution is 7.87. The lowest BCUT2D eigenvalue weighted by Gasteiger charge is -2.31. The van der Waals surface area contributed by atoms with E-state index in [-0.39, 0.29) is 18.5 Å². The Morgan fingerprint density at radius 3 is 2.73 bits per heavy atom. The maximum absolute atomic E-state index is 12.8. The normalized spacial score (nSPS) is 15.2. The zero-order chi connectivity index (χ0) is 26.8. The second-order valence-corrected chi connectivity index (χ2v) is 10.2. The summed E-state index contributed by atoms with van der Waals surface area (Å²) in [4.78, 5) is 17.7. The number of piperidine rings is 1. The van der Waals surface area contributed by atoms with Gasteiger partial charge in [-0.25, -0.2) is 4.21 Å². The Morgan fingerprint density at radius 2 is 2.08 bits per heavy atom. The molecule has 0 spiro atoms. The van der Waals surface area contributed by atoms with Gasteiger partial charge in [-0.05, 0) is 36.8 Å². The number of aliphatic imine (C=N–C) groups is 1. The molecule has 2 aromatic carbocycles. The van der Waals surface area contributed by atoms with Crippen LogP contribution in [0.15, 0.2) is 53.5 Å². The third-order valence-electron chi connectivity index (χ3n) is 5.67. The van der Waals surface area contributed by atoms with Gasteiger partial charge in [-0.3, -0.25) is 19.5 Å². The average Bonchev–Trinajstić information content (AvgIpc) is 2.87. The molecule has 0 bridgehead atoms. The fraction of sp³-hybridized carbons (Fsp3) is 0.346. The topological polar surface area (TPSA) is 132 Å². The first-order valence-electron chi connectivity index (χ1n) is 12.0. The van der Waals surface area contributed by atoms with Gasteiger partial charge >= 0.3 is 5.97 Å². The van der Waals surface area contributed by atoms with Crippen molar-refractivity contribution in [3.8, 4) is 5.75 Å². The minimum atomic E-state index is -1.83. The number of nitrogen functional groups attached to an aromatic ring is 1. The SMILES string of the molecule is CCN=CN1CCC(Oc2ccc(N(C/C=C/c3cccc(C(=N)N)c3)S(=O)CC(=O)O)cc2Cl)CC1. The van der Waals surface area contributed by atoms with E-state index in [9.17, 15) is 14.1 Å². The molecular weight excluding hydrogens is 514 g/mol. The van der Waals surface area contributed by atoms with Gasteiger partial charge in [-0.2, -0.15) is 0 Å². The number of amidine groups is 1. The van der Waals surface area contributed by atoms with Crippen molar-refractivity contribution in [1.29, 1.82) is 5.41 Å². The van der Waals surface area contributed by atoms with E-state index in [1.807, 2.05) is 19.3 Å². The first kappa shape index (κ1) is 28.2. The predicted molar refractivity (Wildman–Crippen MR) is 150 cm³/mol. The number of rotatable bonds is 12. The van der Waals surface area contributed by atoms with Crippen LogP contribution in [0.5, 0.6) is 5.75 Å². The van der Waals surface area contributed by atoms with E-state index in [1.54, 1.807) is 48.6 Å². The van der Waals surface area contributed by atoms with Crippen molar-refractivity contribution < 1.29 is 18.8 Å². The van der Waals surface area contributed by atoms with Crippen LogP contribution in [0.3, 0.4) is 0 Å². The van der Waals surface area contributed by atoms with Gasteiger partial charge in [0.1, 0.15) is 34.4 Å². The van der Waals surface area contributed by atoms with E-state index in [0.717, 1.165) is 38.0 Å². The third kappa shape index (κ3) is 8.61. The third-order valence-corrected chi connectivity index (χ3v) is 7.31. The van der Waals surface area contributed by atoms with Gasteiger partial charge in [0.25, 0.3) is 0 Å². The number of nitrogens with one attached hydrogen (secondary N) is 1. The Labute approximate surface area is 224 Å². The maximum atomic E-state index is 12.8. The smallest absolute Gasteiger partial charge is 0.318 e. The molecule has 9 nitrogen and oxygen atoms in total. The Kier molecular flexibility index (Phi) is 10.5. The number of nitrogens with two attached hydrogens (primary N) is 1. The zero-order valence-corrected chi connectivity index (χ0v) is 22.3. The number of hydrogen-bond donors (Lipinski definition) is 3. The molecule has 0 aromatic heterocycles. The first-order chi connectivity index (χ1) is 17.8. The summed E-state index contributed by atoms with van der Waals surface area (Å²) in [5.74, 6) is -1.20. The molecule has 1 unspecified atom stereocenters. The number of benzene rings is 2. The summed E-state index contributed by atoms with van der Waals surface area (Å²) in [5, 5.41) is 17.1. The van der Waals surface area contributed by atoms with Crippen molar-refractivity contribution in [2.45, 2.75) is 25.9 Å². The predicted octanol–water partition coefficient (Wildman–Crippen LogP) is 3.78. The molecule has 1 aliphatic rings. The standard InChI is InChI=1S/C26H32ClN5O4S/c1-2-30-18-31-13-10-22(11-14-31)36-24-9-8-21(16-23(24)27)32(37(35)17-25(33)34)12-4-6-19-5-3-7-20(15-19)26(28)29/h3-9,15-16,18,22H,2,10-14,17H2,1H3,(H3,28,29)(H,33,34)/b6-4+,30-18?. The van der Waals surface area contributed by atoms with Crippen LogP contribution in [0.25, 0.3) is 6.08 Å². The van der Waals surface area contributed by atoms with Crippen LogP contribution in [0.2, 0.25) is 5.02 Å². The molecule has 1 atom stereocenters. The first-order valence-corrected chi connectivity index (χ1v) is 13.6. The quantitative estimate of drug-likeness (QED) is 0.274. The molecule has 4 N–H and O–H groups in total. The molecule has 0 radical (unpaired) electrons. The van der Waals surface area contributed by atoms with Gasteiger partial charge in [0.15, 0.2) is 0 Å². The number of aliphatic carboxylic acids is 1. The van der Waals surface area contributed by atoms with Gasteiger partial charge in [-0.1, -0.05) is 42.0 Å². The van der Waals surface area contributed by atoms with Crippen molar-refractivity contribution in [2.24, 2.45) is 10.7 Å². The molecule has 198 valence electrons. The van der Waals surface area contributed by atoms with Gasteiger partial charge in [-0.15, -0.1) is 0 Å². The van der Waals surface area contributed by atoms with Gasteiger partial charge < -0.3 is 20.5 Å². The maximum Gasteiger partial charge on any atom is 0.318 e. The highest BCUT2D eigenvalue weighted by Crippen LogP contribution is 2.32. The Bertz CT molecular complexity index is 1180. The van der Waals surface area contributed by atoms with E-state index in [2.05, 4.69) is 9.89 Å². The van der Waals surface area contributed by atoms with Crippen molar-refractivity contribution in [2.75, 3.05) is 36.2 Å². The molecule has 0 aliphatic carbocycles. The Balaban J connectivity index is 1.71. The van der Waals surface area contributed by atoms with E-state index in [1.165, 1.54) is 4.31 Å². The van der Waals surface area contributed by atoms with Crippen LogP contribution >= 0.6 is 11.6 Å². The minimum absolute atomic E-state index is 0.0283. The number of carboxylic acid groups (broad SMARTS) is 1. The van der Waals surface area contributed by atoms with E-state index in [4.69, 9.17) is 27.5 Å². The highest BCUT2D eigenvalue weighted by atomic mass is 35.5. The number of halogens is 1. The Hall–Kier alpha value is -3.37. The number of hydrogen-bond acceptors (Lipinski definition) is 5. The van der Waals surface area contributed by atoms with E-state index >= 15 is 0 Å². The van der Waals surface area contributed by atoms with Crippen molar-refractivity contribution in [1.82, 2.24) is 4.90 Å². The molecule has 37 heavy (non-hydrogen) atoms. The van der Waals surface area contributed by atoms with Crippen molar-refractivity contribution >= 4 is 52.5 Å². The van der Waals surface area contributed by atoms with Crippen LogP contribution in [0.1, 0.15) is 30.9 Å². The minimum Gasteiger partial charge on any atom is -0.489 e. The van der Waals surface area contributed by atoms with Crippen LogP contribution in [-0.4, -0.2) is 70.4 Å². The lowest BCUT2D eigenvalue weighted by Crippen LogP contribution is -2.37. The van der Waals surface area contributed by atoms with Crippen molar-refractivity contribution in [3.05, 3.63) is 64.7 Å². The second kappa shape index (κ2) is 13.8. The molecule has 1 saturated heterocycles. The summed E-state index contributed by atoms with van der Waals surface area (Å²) in [7, 11) is -1.83. The molecule has 3 rings (SSSR count). The van der Waals surface area contributed by atoms with Gasteiger partial charge in [0.05, 0.1) is 23.6 Å². The van der Waals surface area contributed by atoms with Crippen molar-refractivity contribution in [3.63, 3.8) is 0 Å². The summed E-state index contributed by atoms with van der Waals surface area (Å²) in [5.41, 5.74) is 7.48. The molecule has 1 fully saturated rings. The number of ether oxygens (including phenoxy) is 1. The Morgan fingerprint density at radius 1 is 1.32 bits per heavy atom. The second-order valence-electron chi connectivity index (χ2n) is 8.44. The molecule has 1 aliphatic heterocycles. The summed E-state index contributed by atoms with van der Waals surface area (Å²) >= 11 is 6.53. The van der Waals surface area contributed by atoms with Gasteiger partial charge in [0, 0.05) is 38.0 Å². The number of nitrogens with zero attached hydrogens (tertiary/aromatic N) is 3. The number of carboxylic acids is 1. The van der Waals surface area contributed by atoms with Crippen LogP contribution in [0, 0.1) is 5.41 Å². The molecule has 11 heteroatoms. The average molecular weight is 546 g/mol. The highest BCUT2D eigenvalue weighted by Gasteiger charge is 2.21. The number of anilines is 1. The fourth-order valence-electron chi connectivity index (χ4n) is 3.81. The van der Waals surface area contributed by atoms with E-state index < -0.39 is 22.7 Å². The molecule has 1 heterocycles. The van der Waals surface area contributed by atoms with E-state index in [0.29, 0.717) is 22.0 Å². The monoisotopic (exact) mass is 545 g/mol. The zero-order valence-electron chi connectivity index (χ0n) is 20.7. The van der Waals surface area contributed by atoms with Crippen LogP contribution < -0.4 is 14.8 Å². The summed E-state index contributed by atoms with van der Waals surface area (Å²) in [6, 6.07) is 12.3. The van der Waals surface area contributed by atoms with Crippen LogP contribution in [-0.2, 0) is 15.8 Å². The molecule has 0 amide bonds. The summed E-state index contributed by atoms with van der Waals surface area (Å²) < 4.78 is 20.5. The molecule has 0 saturated carbocycles. The molecule has 2 aromatic rings. The summed E-state index contributed by atoms with van der Waals surface area (Å²) in [6.45, 7) is 4.65. The van der Waals surface area contributed by atoms with Crippen LogP contribution in [0.4, 0.5) is 5.69 Å². The summed E-state index contributed by atoms with van der Waals surface area (Å²) in [6.07, 6.45) is 7.18. The van der Waals surface area contributed by atoms with Gasteiger partial charge in [0.2, 0.25) is 0 Å². The number of likely N-dealkylation sites (tertiary alicyclic amines) is 1. The lowest BCUT2D eigenvalue weighted by atomic mass is 10.1. The largest absolute Gasteiger partial charge is 0.489 e. The fourth-order valence-corrected chi connectivity index (χ4v) is 5.00.